The molecule has 0 saturated carbocycles. The summed E-state index contributed by atoms with van der Waals surface area (Å²) in [5, 5.41) is 5.68. The summed E-state index contributed by atoms with van der Waals surface area (Å²) in [5.41, 5.74) is 5.37. The van der Waals surface area contributed by atoms with Crippen LogP contribution in [0, 0.1) is 0 Å². The smallest absolute Gasteiger partial charge is 0.324 e. The molecule has 0 fully saturated rings. The number of aromatic nitrogens is 6. The molecule has 8 nitrogen and oxygen atoms in total. The van der Waals surface area contributed by atoms with Gasteiger partial charge in [-0.1, -0.05) is 0 Å². The second-order valence-electron chi connectivity index (χ2n) is 3.57. The van der Waals surface area contributed by atoms with E-state index in [0.29, 0.717) is 0 Å². The van der Waals surface area contributed by atoms with Gasteiger partial charge >= 0.3 is 12.3 Å². The lowest BCUT2D eigenvalue weighted by Gasteiger charge is -2.15. The first-order valence-corrected chi connectivity index (χ1v) is 5.15. The normalized spacial score (nSPS) is 11.8. The first-order chi connectivity index (χ1) is 9.38. The van der Waals surface area contributed by atoms with Crippen LogP contribution in [0.25, 0.3) is 5.95 Å². The van der Waals surface area contributed by atoms with Crippen LogP contribution in [0.1, 0.15) is 0 Å². The molecule has 0 amide bonds. The summed E-state index contributed by atoms with van der Waals surface area (Å²) in [4.78, 5) is 14.6. The third-order valence-corrected chi connectivity index (χ3v) is 2.07. The average molecular weight is 292 g/mol. The van der Waals surface area contributed by atoms with E-state index in [9.17, 15) is 17.6 Å². The Bertz CT molecular complexity index is 572. The van der Waals surface area contributed by atoms with E-state index in [1.807, 2.05) is 5.32 Å². The molecule has 0 atom stereocenters. The minimum Gasteiger partial charge on any atom is -0.368 e. The first kappa shape index (κ1) is 13.9. The molecule has 0 aliphatic rings. The van der Waals surface area contributed by atoms with Gasteiger partial charge in [-0.3, -0.25) is 0 Å². The highest BCUT2D eigenvalue weighted by Crippen LogP contribution is 2.22. The SMILES string of the molecule is Nc1nc(NCC(F)(F)C(F)F)nc(-n2cncn2)n1. The number of alkyl halides is 4. The number of hydrogen-bond acceptors (Lipinski definition) is 7. The molecule has 108 valence electrons. The Kier molecular flexibility index (Phi) is 3.63. The van der Waals surface area contributed by atoms with Gasteiger partial charge in [-0.15, -0.1) is 0 Å². The molecule has 0 aliphatic carbocycles. The lowest BCUT2D eigenvalue weighted by atomic mass is 10.3. The van der Waals surface area contributed by atoms with Crippen LogP contribution in [-0.4, -0.2) is 48.6 Å². The number of halogens is 4. The van der Waals surface area contributed by atoms with Gasteiger partial charge in [0.25, 0.3) is 5.95 Å². The summed E-state index contributed by atoms with van der Waals surface area (Å²) in [6.45, 7) is -1.34. The van der Waals surface area contributed by atoms with Gasteiger partial charge in [0.15, 0.2) is 0 Å². The molecule has 0 unspecified atom stereocenters. The van der Waals surface area contributed by atoms with Crippen molar-refractivity contribution in [3.63, 3.8) is 0 Å². The molecule has 0 bridgehead atoms. The summed E-state index contributed by atoms with van der Waals surface area (Å²) in [6, 6.07) is 0. The van der Waals surface area contributed by atoms with Crippen molar-refractivity contribution < 1.29 is 17.6 Å². The van der Waals surface area contributed by atoms with E-state index in [2.05, 4.69) is 25.0 Å². The Morgan fingerprint density at radius 3 is 2.65 bits per heavy atom. The summed E-state index contributed by atoms with van der Waals surface area (Å²) >= 11 is 0. The Morgan fingerprint density at radius 2 is 2.05 bits per heavy atom. The van der Waals surface area contributed by atoms with Gasteiger partial charge in [0.1, 0.15) is 12.7 Å². The molecule has 2 aromatic rings. The van der Waals surface area contributed by atoms with Gasteiger partial charge in [-0.05, 0) is 0 Å². The molecule has 0 saturated heterocycles. The minimum atomic E-state index is -4.21. The average Bonchev–Trinajstić information content (AvgIpc) is 2.89. The molecule has 2 heterocycles. The third kappa shape index (κ3) is 3.07. The van der Waals surface area contributed by atoms with Crippen LogP contribution in [0.5, 0.6) is 0 Å². The molecule has 0 aromatic carbocycles. The number of nitrogens with zero attached hydrogens (tertiary/aromatic N) is 6. The molecule has 3 N–H and O–H groups in total. The first-order valence-electron chi connectivity index (χ1n) is 5.15. The van der Waals surface area contributed by atoms with Gasteiger partial charge in [-0.2, -0.15) is 33.5 Å². The highest BCUT2D eigenvalue weighted by molar-refractivity contribution is 5.34. The van der Waals surface area contributed by atoms with Crippen molar-refractivity contribution in [3.05, 3.63) is 12.7 Å². The van der Waals surface area contributed by atoms with Crippen LogP contribution >= 0.6 is 0 Å². The van der Waals surface area contributed by atoms with E-state index in [4.69, 9.17) is 5.73 Å². The van der Waals surface area contributed by atoms with Crippen molar-refractivity contribution in [2.45, 2.75) is 12.3 Å². The number of nitrogens with two attached hydrogens (primary N) is 1. The zero-order chi connectivity index (χ0) is 14.8. The largest absolute Gasteiger partial charge is 0.368 e. The molecular formula is C8H8F4N8. The van der Waals surface area contributed by atoms with Crippen molar-refractivity contribution in [1.29, 1.82) is 0 Å². The summed E-state index contributed by atoms with van der Waals surface area (Å²) in [7, 11) is 0. The lowest BCUT2D eigenvalue weighted by molar-refractivity contribution is -0.117. The van der Waals surface area contributed by atoms with Crippen LogP contribution in [0.15, 0.2) is 12.7 Å². The molecule has 0 aliphatic heterocycles. The molecule has 2 rings (SSSR count). The minimum absolute atomic E-state index is 0.0853. The number of nitrogen functional groups attached to an aromatic ring is 1. The maximum absolute atomic E-state index is 12.8. The zero-order valence-corrected chi connectivity index (χ0v) is 9.71. The van der Waals surface area contributed by atoms with Crippen LogP contribution in [-0.2, 0) is 0 Å². The Hall–Kier alpha value is -2.53. The third-order valence-electron chi connectivity index (χ3n) is 2.07. The Morgan fingerprint density at radius 1 is 1.30 bits per heavy atom. The fourth-order valence-corrected chi connectivity index (χ4v) is 1.15. The van der Waals surface area contributed by atoms with Gasteiger partial charge < -0.3 is 11.1 Å². The van der Waals surface area contributed by atoms with E-state index in [-0.39, 0.29) is 17.8 Å². The molecule has 2 aromatic heterocycles. The van der Waals surface area contributed by atoms with Crippen LogP contribution in [0.3, 0.4) is 0 Å². The van der Waals surface area contributed by atoms with Gasteiger partial charge in [0.2, 0.25) is 11.9 Å². The molecule has 12 heteroatoms. The Balaban J connectivity index is 2.17. The standard InChI is InChI=1S/C8H8F4N8/c9-4(10)8(11,12)1-15-6-17-5(13)18-7(19-6)20-3-14-2-16-20/h2-4H,1H2,(H3,13,15,17,18,19). The molecule has 0 spiro atoms. The van der Waals surface area contributed by atoms with Crippen LogP contribution < -0.4 is 11.1 Å². The number of nitrogens with one attached hydrogen (secondary N) is 1. The maximum Gasteiger partial charge on any atom is 0.324 e. The van der Waals surface area contributed by atoms with Crippen molar-refractivity contribution in [1.82, 2.24) is 29.7 Å². The van der Waals surface area contributed by atoms with Gasteiger partial charge in [0, 0.05) is 0 Å². The van der Waals surface area contributed by atoms with E-state index in [0.717, 1.165) is 4.68 Å². The summed E-state index contributed by atoms with van der Waals surface area (Å²) < 4.78 is 50.6. The van der Waals surface area contributed by atoms with E-state index < -0.39 is 18.9 Å². The number of anilines is 2. The van der Waals surface area contributed by atoms with Crippen molar-refractivity contribution in [2.24, 2.45) is 0 Å². The van der Waals surface area contributed by atoms with Crippen LogP contribution in [0.4, 0.5) is 29.5 Å². The van der Waals surface area contributed by atoms with E-state index >= 15 is 0 Å². The number of rotatable bonds is 5. The number of hydrogen-bond donors (Lipinski definition) is 2. The second kappa shape index (κ2) is 5.22. The molecular weight excluding hydrogens is 284 g/mol. The van der Waals surface area contributed by atoms with Crippen LogP contribution in [0.2, 0.25) is 0 Å². The van der Waals surface area contributed by atoms with E-state index in [1.165, 1.54) is 12.7 Å². The monoisotopic (exact) mass is 292 g/mol. The predicted octanol–water partition coefficient (Wildman–Crippen LogP) is 0.347. The fourth-order valence-electron chi connectivity index (χ4n) is 1.15. The second-order valence-corrected chi connectivity index (χ2v) is 3.57. The van der Waals surface area contributed by atoms with Crippen molar-refractivity contribution in [3.8, 4) is 5.95 Å². The van der Waals surface area contributed by atoms with E-state index in [1.54, 1.807) is 0 Å². The van der Waals surface area contributed by atoms with Gasteiger partial charge in [0.05, 0.1) is 6.54 Å². The fraction of sp³-hybridized carbons (Fsp3) is 0.375. The predicted molar refractivity (Wildman–Crippen MR) is 58.6 cm³/mol. The quantitative estimate of drug-likeness (QED) is 0.765. The highest BCUT2D eigenvalue weighted by Gasteiger charge is 2.40. The van der Waals surface area contributed by atoms with Crippen molar-refractivity contribution >= 4 is 11.9 Å². The van der Waals surface area contributed by atoms with Gasteiger partial charge in [-0.25, -0.2) is 13.8 Å². The highest BCUT2D eigenvalue weighted by atomic mass is 19.3. The van der Waals surface area contributed by atoms with Crippen molar-refractivity contribution in [2.75, 3.05) is 17.6 Å². The lowest BCUT2D eigenvalue weighted by Crippen LogP contribution is -2.35. The molecule has 0 radical (unpaired) electrons. The Labute approximate surface area is 109 Å². The maximum atomic E-state index is 12.8. The molecule has 20 heavy (non-hydrogen) atoms. The zero-order valence-electron chi connectivity index (χ0n) is 9.71. The summed E-state index contributed by atoms with van der Waals surface area (Å²) in [5.74, 6) is -4.95. The summed E-state index contributed by atoms with van der Waals surface area (Å²) in [6.07, 6.45) is -1.37. The topological polar surface area (TPSA) is 107 Å².